The summed E-state index contributed by atoms with van der Waals surface area (Å²) in [5.41, 5.74) is 6.08. The van der Waals surface area contributed by atoms with Gasteiger partial charge < -0.3 is 10.3 Å². The third kappa shape index (κ3) is 2.74. The predicted octanol–water partition coefficient (Wildman–Crippen LogP) is -0.785. The zero-order valence-electron chi connectivity index (χ0n) is 10.5. The van der Waals surface area contributed by atoms with Crippen LogP contribution in [0.15, 0.2) is 15.8 Å². The van der Waals surface area contributed by atoms with Crippen LogP contribution in [0.25, 0.3) is 0 Å². The van der Waals surface area contributed by atoms with E-state index in [1.165, 1.54) is 11.1 Å². The molecule has 10 heteroatoms. The van der Waals surface area contributed by atoms with E-state index in [1.807, 2.05) is 0 Å². The average Bonchev–Trinajstić information content (AvgIpc) is 2.88. The Morgan fingerprint density at radius 3 is 2.79 bits per heavy atom. The highest BCUT2D eigenvalue weighted by atomic mass is 32.2. The van der Waals surface area contributed by atoms with Gasteiger partial charge in [-0.15, -0.1) is 0 Å². The molecule has 0 aliphatic carbocycles. The molecule has 104 valence electrons. The molecule has 2 rings (SSSR count). The maximum absolute atomic E-state index is 12.1. The zero-order valence-corrected chi connectivity index (χ0v) is 11.3. The predicted molar refractivity (Wildman–Crippen MR) is 65.5 cm³/mol. The Bertz CT molecular complexity index is 660. The van der Waals surface area contributed by atoms with Crippen molar-refractivity contribution < 1.29 is 12.9 Å². The molecule has 0 aliphatic rings. The third-order valence-corrected chi connectivity index (χ3v) is 4.25. The SMILES string of the molecule is Cc1c(S(=O)(=O)NCCc2ncon2)c(N)nn1C. The van der Waals surface area contributed by atoms with Gasteiger partial charge in [-0.25, -0.2) is 13.1 Å². The van der Waals surface area contributed by atoms with Crippen molar-refractivity contribution in [2.24, 2.45) is 7.05 Å². The van der Waals surface area contributed by atoms with Crippen molar-refractivity contribution in [2.75, 3.05) is 12.3 Å². The number of nitrogens with one attached hydrogen (secondary N) is 1. The molecule has 0 bridgehead atoms. The van der Waals surface area contributed by atoms with E-state index in [1.54, 1.807) is 14.0 Å². The van der Waals surface area contributed by atoms with E-state index in [2.05, 4.69) is 24.5 Å². The van der Waals surface area contributed by atoms with Crippen LogP contribution in [0.3, 0.4) is 0 Å². The van der Waals surface area contributed by atoms with E-state index >= 15 is 0 Å². The van der Waals surface area contributed by atoms with E-state index < -0.39 is 10.0 Å². The van der Waals surface area contributed by atoms with Crippen molar-refractivity contribution in [1.29, 1.82) is 0 Å². The van der Waals surface area contributed by atoms with Crippen LogP contribution in [0.4, 0.5) is 5.82 Å². The summed E-state index contributed by atoms with van der Waals surface area (Å²) in [5, 5.41) is 7.46. The summed E-state index contributed by atoms with van der Waals surface area (Å²) in [6.45, 7) is 1.78. The van der Waals surface area contributed by atoms with Crippen LogP contribution in [0.5, 0.6) is 0 Å². The van der Waals surface area contributed by atoms with Gasteiger partial charge in [0.15, 0.2) is 11.6 Å². The number of rotatable bonds is 5. The second-order valence-corrected chi connectivity index (χ2v) is 5.62. The molecule has 0 radical (unpaired) electrons. The highest BCUT2D eigenvalue weighted by Crippen LogP contribution is 2.20. The van der Waals surface area contributed by atoms with E-state index in [-0.39, 0.29) is 17.3 Å². The van der Waals surface area contributed by atoms with Gasteiger partial charge in [-0.2, -0.15) is 10.1 Å². The minimum absolute atomic E-state index is 0.00288. The molecule has 2 heterocycles. The summed E-state index contributed by atoms with van der Waals surface area (Å²) >= 11 is 0. The lowest BCUT2D eigenvalue weighted by molar-refractivity contribution is 0.410. The Labute approximate surface area is 109 Å². The fourth-order valence-corrected chi connectivity index (χ4v) is 2.97. The van der Waals surface area contributed by atoms with Crippen molar-refractivity contribution in [3.05, 3.63) is 17.9 Å². The fourth-order valence-electron chi connectivity index (χ4n) is 1.62. The Morgan fingerprint density at radius 1 is 1.53 bits per heavy atom. The number of aryl methyl sites for hydroxylation is 1. The molecule has 0 unspecified atom stereocenters. The fraction of sp³-hybridized carbons (Fsp3) is 0.444. The zero-order chi connectivity index (χ0) is 14.0. The normalized spacial score (nSPS) is 11.9. The van der Waals surface area contributed by atoms with Gasteiger partial charge in [0.25, 0.3) is 0 Å². The van der Waals surface area contributed by atoms with Crippen molar-refractivity contribution in [2.45, 2.75) is 18.2 Å². The summed E-state index contributed by atoms with van der Waals surface area (Å²) in [4.78, 5) is 3.80. The van der Waals surface area contributed by atoms with E-state index in [0.717, 1.165) is 0 Å². The highest BCUT2D eigenvalue weighted by Gasteiger charge is 2.24. The van der Waals surface area contributed by atoms with Crippen LogP contribution < -0.4 is 10.5 Å². The molecular formula is C9H14N6O3S. The first-order valence-corrected chi connectivity index (χ1v) is 6.94. The van der Waals surface area contributed by atoms with E-state index in [9.17, 15) is 8.42 Å². The lowest BCUT2D eigenvalue weighted by Crippen LogP contribution is -2.27. The Morgan fingerprint density at radius 2 is 2.26 bits per heavy atom. The second kappa shape index (κ2) is 4.97. The molecule has 19 heavy (non-hydrogen) atoms. The van der Waals surface area contributed by atoms with Crippen LogP contribution in [0.1, 0.15) is 11.5 Å². The average molecular weight is 286 g/mol. The monoisotopic (exact) mass is 286 g/mol. The molecule has 0 fully saturated rings. The quantitative estimate of drug-likeness (QED) is 0.737. The van der Waals surface area contributed by atoms with Crippen molar-refractivity contribution in [3.63, 3.8) is 0 Å². The van der Waals surface area contributed by atoms with Gasteiger partial charge in [0.05, 0.1) is 5.69 Å². The van der Waals surface area contributed by atoms with Crippen LogP contribution in [0.2, 0.25) is 0 Å². The minimum atomic E-state index is -3.70. The molecule has 0 saturated heterocycles. The van der Waals surface area contributed by atoms with Gasteiger partial charge in [-0.1, -0.05) is 5.16 Å². The number of hydrogen-bond donors (Lipinski definition) is 2. The Balaban J connectivity index is 2.10. The topological polar surface area (TPSA) is 129 Å². The van der Waals surface area contributed by atoms with Gasteiger partial charge in [0.1, 0.15) is 4.90 Å². The maximum Gasteiger partial charge on any atom is 0.246 e. The molecule has 0 saturated carbocycles. The largest absolute Gasteiger partial charge is 0.381 e. The van der Waals surface area contributed by atoms with Gasteiger partial charge in [0, 0.05) is 20.0 Å². The van der Waals surface area contributed by atoms with Crippen molar-refractivity contribution >= 4 is 15.8 Å². The summed E-state index contributed by atoms with van der Waals surface area (Å²) in [5.74, 6) is 0.408. The standard InChI is InChI=1S/C9H14N6O3S/c1-6-8(9(10)13-15(6)2)19(16,17)12-4-3-7-11-5-18-14-7/h5,12H,3-4H2,1-2H3,(H2,10,13). The molecule has 2 aromatic heterocycles. The third-order valence-electron chi connectivity index (χ3n) is 2.62. The van der Waals surface area contributed by atoms with Crippen molar-refractivity contribution in [3.8, 4) is 0 Å². The van der Waals surface area contributed by atoms with Gasteiger partial charge in [-0.3, -0.25) is 4.68 Å². The molecule has 2 aromatic rings. The van der Waals surface area contributed by atoms with Crippen LogP contribution >= 0.6 is 0 Å². The number of nitrogens with zero attached hydrogens (tertiary/aromatic N) is 4. The molecule has 0 amide bonds. The first-order chi connectivity index (χ1) is 8.92. The summed E-state index contributed by atoms with van der Waals surface area (Å²) in [7, 11) is -2.07. The highest BCUT2D eigenvalue weighted by molar-refractivity contribution is 7.89. The smallest absolute Gasteiger partial charge is 0.246 e. The summed E-state index contributed by atoms with van der Waals surface area (Å²) < 4.78 is 32.6. The number of hydrogen-bond acceptors (Lipinski definition) is 7. The first-order valence-electron chi connectivity index (χ1n) is 5.46. The molecule has 0 spiro atoms. The number of anilines is 1. The maximum atomic E-state index is 12.1. The molecular weight excluding hydrogens is 272 g/mol. The summed E-state index contributed by atoms with van der Waals surface area (Å²) in [6.07, 6.45) is 1.52. The van der Waals surface area contributed by atoms with Gasteiger partial charge in [0.2, 0.25) is 16.4 Å². The lowest BCUT2D eigenvalue weighted by Gasteiger charge is -2.05. The number of nitrogen functional groups attached to an aromatic ring is 1. The van der Waals surface area contributed by atoms with E-state index in [4.69, 9.17) is 5.73 Å². The van der Waals surface area contributed by atoms with Gasteiger partial charge >= 0.3 is 0 Å². The van der Waals surface area contributed by atoms with Crippen LogP contribution in [-0.4, -0.2) is 34.9 Å². The minimum Gasteiger partial charge on any atom is -0.381 e. The van der Waals surface area contributed by atoms with E-state index in [0.29, 0.717) is 17.9 Å². The molecule has 0 aliphatic heterocycles. The Kier molecular flexibility index (Phi) is 3.53. The number of sulfonamides is 1. The van der Waals surface area contributed by atoms with Gasteiger partial charge in [-0.05, 0) is 6.92 Å². The lowest BCUT2D eigenvalue weighted by atomic mass is 10.4. The van der Waals surface area contributed by atoms with Crippen molar-refractivity contribution in [1.82, 2.24) is 24.6 Å². The first kappa shape index (κ1) is 13.5. The number of nitrogens with two attached hydrogens (primary N) is 1. The molecule has 9 nitrogen and oxygen atoms in total. The summed E-state index contributed by atoms with van der Waals surface area (Å²) in [6, 6.07) is 0. The molecule has 0 aromatic carbocycles. The van der Waals surface area contributed by atoms with Crippen LogP contribution in [0, 0.1) is 6.92 Å². The molecule has 3 N–H and O–H groups in total. The molecule has 0 atom stereocenters. The van der Waals surface area contributed by atoms with Crippen LogP contribution in [-0.2, 0) is 23.5 Å². The number of aromatic nitrogens is 4. The Hall–Kier alpha value is -1.94. The second-order valence-electron chi connectivity index (χ2n) is 3.92.